The highest BCUT2D eigenvalue weighted by Gasteiger charge is 2.56. The molecule has 2 aliphatic heterocycles. The lowest BCUT2D eigenvalue weighted by Gasteiger charge is -2.34. The van der Waals surface area contributed by atoms with E-state index in [-0.39, 0.29) is 11.8 Å². The van der Waals surface area contributed by atoms with Gasteiger partial charge in [-0.25, -0.2) is 0 Å². The van der Waals surface area contributed by atoms with Gasteiger partial charge in [0.05, 0.1) is 0 Å². The smallest absolute Gasteiger partial charge is 0.248 e. The molecule has 27 heavy (non-hydrogen) atoms. The first kappa shape index (κ1) is 18.1. The summed E-state index contributed by atoms with van der Waals surface area (Å²) in [5.41, 5.74) is 4.17. The maximum atomic E-state index is 13.2. The Morgan fingerprint density at radius 2 is 2.00 bits per heavy atom. The van der Waals surface area contributed by atoms with Crippen molar-refractivity contribution < 1.29 is 9.59 Å². The van der Waals surface area contributed by atoms with Crippen LogP contribution in [0.5, 0.6) is 0 Å². The van der Waals surface area contributed by atoms with Gasteiger partial charge >= 0.3 is 0 Å². The van der Waals surface area contributed by atoms with Crippen molar-refractivity contribution in [2.75, 3.05) is 11.1 Å². The molecule has 5 heteroatoms. The summed E-state index contributed by atoms with van der Waals surface area (Å²) in [6, 6.07) is 15.7. The van der Waals surface area contributed by atoms with Crippen LogP contribution >= 0.6 is 11.8 Å². The number of thioether (sulfide) groups is 1. The minimum absolute atomic E-state index is 0.0736. The molecule has 0 unspecified atom stereocenters. The average Bonchev–Trinajstić information content (AvgIpc) is 3.23. The van der Waals surface area contributed by atoms with E-state index in [4.69, 9.17) is 0 Å². The normalized spacial score (nSPS) is 24.1. The summed E-state index contributed by atoms with van der Waals surface area (Å²) >= 11 is 1.72. The van der Waals surface area contributed by atoms with Gasteiger partial charge in [-0.15, -0.1) is 11.8 Å². The number of para-hydroxylation sites is 1. The van der Waals surface area contributed by atoms with Crippen LogP contribution in [0.15, 0.2) is 48.5 Å². The lowest BCUT2D eigenvalue weighted by atomic mass is 10.0. The third-order valence-electron chi connectivity index (χ3n) is 5.64. The Morgan fingerprint density at radius 1 is 1.22 bits per heavy atom. The van der Waals surface area contributed by atoms with E-state index >= 15 is 0 Å². The molecule has 4 rings (SSSR count). The molecular weight excluding hydrogens is 356 g/mol. The molecule has 2 atom stereocenters. The van der Waals surface area contributed by atoms with Crippen molar-refractivity contribution in [3.63, 3.8) is 0 Å². The standard InChI is InChI=1S/C22H24N2O2S/c1-3-16-9-7-8-15(2)20(16)23-21(26)18-14-27-22(13-12-19(25)24(18)22)17-10-5-4-6-11-17/h4-11,18H,3,12-14H2,1-2H3,(H,23,26)/t18-,22-/m1/s1. The number of hydrogen-bond donors (Lipinski definition) is 1. The molecule has 0 spiro atoms. The molecule has 2 saturated heterocycles. The molecule has 2 fully saturated rings. The van der Waals surface area contributed by atoms with Gasteiger partial charge < -0.3 is 10.2 Å². The Bertz CT molecular complexity index is 883. The number of fused-ring (bicyclic) bond motifs is 1. The summed E-state index contributed by atoms with van der Waals surface area (Å²) in [7, 11) is 0. The van der Waals surface area contributed by atoms with Crippen LogP contribution in [0, 0.1) is 6.92 Å². The van der Waals surface area contributed by atoms with Gasteiger partial charge in [-0.05, 0) is 36.5 Å². The number of benzene rings is 2. The fourth-order valence-electron chi connectivity index (χ4n) is 4.24. The number of amides is 2. The molecule has 1 N–H and O–H groups in total. The quantitative estimate of drug-likeness (QED) is 0.869. The van der Waals surface area contributed by atoms with Crippen LogP contribution in [-0.4, -0.2) is 28.5 Å². The predicted octanol–water partition coefficient (Wildman–Crippen LogP) is 4.09. The average molecular weight is 381 g/mol. The zero-order chi connectivity index (χ0) is 19.0. The Labute approximate surface area is 164 Å². The van der Waals surface area contributed by atoms with E-state index in [0.717, 1.165) is 35.2 Å². The number of anilines is 1. The molecule has 2 amide bonds. The van der Waals surface area contributed by atoms with Gasteiger partial charge in [0.15, 0.2) is 0 Å². The second-order valence-corrected chi connectivity index (χ2v) is 8.49. The van der Waals surface area contributed by atoms with Crippen molar-refractivity contribution in [3.8, 4) is 0 Å². The van der Waals surface area contributed by atoms with Crippen molar-refractivity contribution in [1.29, 1.82) is 0 Å². The topological polar surface area (TPSA) is 49.4 Å². The van der Waals surface area contributed by atoms with Gasteiger partial charge in [-0.2, -0.15) is 0 Å². The molecular formula is C22H24N2O2S. The predicted molar refractivity (Wildman–Crippen MR) is 110 cm³/mol. The Morgan fingerprint density at radius 3 is 2.74 bits per heavy atom. The minimum atomic E-state index is -0.436. The SMILES string of the molecule is CCc1cccc(C)c1NC(=O)[C@H]1CS[C@@]2(c3ccccc3)CCC(=O)N12. The summed E-state index contributed by atoms with van der Waals surface area (Å²) in [5, 5.41) is 3.13. The number of aryl methyl sites for hydroxylation is 2. The molecule has 2 heterocycles. The van der Waals surface area contributed by atoms with E-state index in [2.05, 4.69) is 24.4 Å². The van der Waals surface area contributed by atoms with Crippen LogP contribution in [0.3, 0.4) is 0 Å². The number of hydrogen-bond acceptors (Lipinski definition) is 3. The van der Waals surface area contributed by atoms with Gasteiger partial charge in [0, 0.05) is 17.9 Å². The monoisotopic (exact) mass is 380 g/mol. The highest BCUT2D eigenvalue weighted by atomic mass is 32.2. The number of nitrogens with zero attached hydrogens (tertiary/aromatic N) is 1. The number of carbonyl (C=O) groups is 2. The number of rotatable bonds is 4. The summed E-state index contributed by atoms with van der Waals surface area (Å²) < 4.78 is 0. The summed E-state index contributed by atoms with van der Waals surface area (Å²) in [5.74, 6) is 0.615. The Kier molecular flexibility index (Phi) is 4.72. The Hall–Kier alpha value is -2.27. The second kappa shape index (κ2) is 7.04. The lowest BCUT2D eigenvalue weighted by Crippen LogP contribution is -2.48. The second-order valence-electron chi connectivity index (χ2n) is 7.19. The first-order valence-electron chi connectivity index (χ1n) is 9.48. The van der Waals surface area contributed by atoms with Crippen LogP contribution in [0.25, 0.3) is 0 Å². The van der Waals surface area contributed by atoms with Crippen LogP contribution in [-0.2, 0) is 20.9 Å². The highest BCUT2D eigenvalue weighted by molar-refractivity contribution is 8.00. The van der Waals surface area contributed by atoms with E-state index in [9.17, 15) is 9.59 Å². The van der Waals surface area contributed by atoms with Crippen molar-refractivity contribution in [2.45, 2.75) is 44.0 Å². The fraction of sp³-hybridized carbons (Fsp3) is 0.364. The van der Waals surface area contributed by atoms with Crippen LogP contribution in [0.4, 0.5) is 5.69 Å². The van der Waals surface area contributed by atoms with Gasteiger partial charge in [0.2, 0.25) is 11.8 Å². The zero-order valence-electron chi connectivity index (χ0n) is 15.7. The van der Waals surface area contributed by atoms with Gasteiger partial charge in [0.25, 0.3) is 0 Å². The molecule has 0 aromatic heterocycles. The van der Waals surface area contributed by atoms with E-state index in [1.165, 1.54) is 0 Å². The van der Waals surface area contributed by atoms with Crippen LogP contribution in [0.1, 0.15) is 36.5 Å². The van der Waals surface area contributed by atoms with E-state index < -0.39 is 10.9 Å². The molecule has 2 aromatic rings. The molecule has 0 saturated carbocycles. The van der Waals surface area contributed by atoms with E-state index in [1.54, 1.807) is 11.8 Å². The van der Waals surface area contributed by atoms with Crippen LogP contribution in [0.2, 0.25) is 0 Å². The van der Waals surface area contributed by atoms with Crippen molar-refractivity contribution in [1.82, 2.24) is 4.90 Å². The maximum absolute atomic E-state index is 13.2. The Balaban J connectivity index is 1.64. The van der Waals surface area contributed by atoms with Gasteiger partial charge in [-0.3, -0.25) is 9.59 Å². The molecule has 2 aromatic carbocycles. The largest absolute Gasteiger partial charge is 0.324 e. The molecule has 0 bridgehead atoms. The zero-order valence-corrected chi connectivity index (χ0v) is 16.5. The number of nitrogens with one attached hydrogen (secondary N) is 1. The maximum Gasteiger partial charge on any atom is 0.248 e. The van der Waals surface area contributed by atoms with Gasteiger partial charge in [-0.1, -0.05) is 55.5 Å². The van der Waals surface area contributed by atoms with E-state index in [1.807, 2.05) is 48.2 Å². The molecule has 4 nitrogen and oxygen atoms in total. The van der Waals surface area contributed by atoms with Crippen molar-refractivity contribution >= 4 is 29.3 Å². The summed E-state index contributed by atoms with van der Waals surface area (Å²) in [6.07, 6.45) is 2.11. The molecule has 0 aliphatic carbocycles. The molecule has 140 valence electrons. The van der Waals surface area contributed by atoms with E-state index in [0.29, 0.717) is 12.2 Å². The number of carbonyl (C=O) groups excluding carboxylic acids is 2. The fourth-order valence-corrected chi connectivity index (χ4v) is 5.90. The lowest BCUT2D eigenvalue weighted by molar-refractivity contribution is -0.136. The molecule has 2 aliphatic rings. The first-order chi connectivity index (χ1) is 13.1. The third kappa shape index (κ3) is 2.94. The van der Waals surface area contributed by atoms with Crippen molar-refractivity contribution in [2.24, 2.45) is 0 Å². The molecule has 0 radical (unpaired) electrons. The minimum Gasteiger partial charge on any atom is -0.324 e. The summed E-state index contributed by atoms with van der Waals surface area (Å²) in [6.45, 7) is 4.09. The van der Waals surface area contributed by atoms with Gasteiger partial charge in [0.1, 0.15) is 10.9 Å². The first-order valence-corrected chi connectivity index (χ1v) is 10.5. The third-order valence-corrected chi connectivity index (χ3v) is 7.24. The summed E-state index contributed by atoms with van der Waals surface area (Å²) in [4.78, 5) is 27.3. The van der Waals surface area contributed by atoms with Crippen molar-refractivity contribution in [3.05, 3.63) is 65.2 Å². The van der Waals surface area contributed by atoms with Crippen LogP contribution < -0.4 is 5.32 Å². The highest BCUT2D eigenvalue weighted by Crippen LogP contribution is 2.54.